The molecule has 0 heterocycles. The van der Waals surface area contributed by atoms with E-state index in [9.17, 15) is 9.59 Å². The minimum atomic E-state index is -1.43. The van der Waals surface area contributed by atoms with Gasteiger partial charge >= 0.3 is 11.9 Å². The summed E-state index contributed by atoms with van der Waals surface area (Å²) >= 11 is 0. The Morgan fingerprint density at radius 2 is 1.77 bits per heavy atom. The summed E-state index contributed by atoms with van der Waals surface area (Å²) in [5.74, 6) is -2.36. The minimum Gasteiger partial charge on any atom is -0.474 e. The standard InChI is InChI=1S/C8H16N2O3/c9-5-3-1-2-4-6-10-7(11)8(12)13/h1-6,9H2,(H,10,11)(H,12,13). The van der Waals surface area contributed by atoms with E-state index in [1.807, 2.05) is 0 Å². The van der Waals surface area contributed by atoms with Gasteiger partial charge in [0.15, 0.2) is 0 Å². The maximum Gasteiger partial charge on any atom is 0.394 e. The van der Waals surface area contributed by atoms with Gasteiger partial charge in [0.2, 0.25) is 0 Å². The van der Waals surface area contributed by atoms with Crippen molar-refractivity contribution in [3.05, 3.63) is 0 Å². The van der Waals surface area contributed by atoms with E-state index < -0.39 is 11.9 Å². The molecule has 1 amide bonds. The highest BCUT2D eigenvalue weighted by atomic mass is 16.4. The summed E-state index contributed by atoms with van der Waals surface area (Å²) in [5.41, 5.74) is 5.28. The van der Waals surface area contributed by atoms with Crippen LogP contribution in [0.15, 0.2) is 0 Å². The van der Waals surface area contributed by atoms with Gasteiger partial charge in [-0.05, 0) is 19.4 Å². The molecule has 5 heteroatoms. The lowest BCUT2D eigenvalue weighted by Gasteiger charge is -2.01. The van der Waals surface area contributed by atoms with Gasteiger partial charge < -0.3 is 16.2 Å². The number of rotatable bonds is 6. The Balaban J connectivity index is 3.16. The molecule has 4 N–H and O–H groups in total. The molecule has 0 aromatic rings. The van der Waals surface area contributed by atoms with Crippen LogP contribution in [0.3, 0.4) is 0 Å². The Kier molecular flexibility index (Phi) is 6.91. The predicted molar refractivity (Wildman–Crippen MR) is 48.2 cm³/mol. The molecule has 0 fully saturated rings. The maximum atomic E-state index is 10.5. The van der Waals surface area contributed by atoms with Crippen molar-refractivity contribution in [1.29, 1.82) is 0 Å². The van der Waals surface area contributed by atoms with E-state index in [2.05, 4.69) is 5.32 Å². The molecule has 0 saturated heterocycles. The fourth-order valence-corrected chi connectivity index (χ4v) is 0.900. The highest BCUT2D eigenvalue weighted by Gasteiger charge is 2.08. The molecular formula is C8H16N2O3. The van der Waals surface area contributed by atoms with Crippen molar-refractivity contribution in [3.8, 4) is 0 Å². The molecule has 13 heavy (non-hydrogen) atoms. The van der Waals surface area contributed by atoms with Gasteiger partial charge in [0.05, 0.1) is 0 Å². The second kappa shape index (κ2) is 7.54. The fourth-order valence-electron chi connectivity index (χ4n) is 0.900. The molecule has 0 atom stereocenters. The summed E-state index contributed by atoms with van der Waals surface area (Å²) in [5, 5.41) is 10.5. The van der Waals surface area contributed by atoms with Crippen LogP contribution in [0.2, 0.25) is 0 Å². The van der Waals surface area contributed by atoms with Crippen molar-refractivity contribution in [3.63, 3.8) is 0 Å². The third-order valence-corrected chi connectivity index (χ3v) is 1.61. The summed E-state index contributed by atoms with van der Waals surface area (Å²) in [4.78, 5) is 20.5. The summed E-state index contributed by atoms with van der Waals surface area (Å²) in [7, 11) is 0. The fraction of sp³-hybridized carbons (Fsp3) is 0.750. The minimum absolute atomic E-state index is 0.426. The van der Waals surface area contributed by atoms with Gasteiger partial charge in [-0.25, -0.2) is 4.79 Å². The number of nitrogens with two attached hydrogens (primary N) is 1. The van der Waals surface area contributed by atoms with Crippen molar-refractivity contribution >= 4 is 11.9 Å². The largest absolute Gasteiger partial charge is 0.474 e. The van der Waals surface area contributed by atoms with E-state index in [-0.39, 0.29) is 0 Å². The smallest absolute Gasteiger partial charge is 0.394 e. The third-order valence-electron chi connectivity index (χ3n) is 1.61. The number of amides is 1. The van der Waals surface area contributed by atoms with Gasteiger partial charge in [0.25, 0.3) is 0 Å². The Labute approximate surface area is 77.3 Å². The van der Waals surface area contributed by atoms with Crippen molar-refractivity contribution < 1.29 is 14.7 Å². The number of carboxylic acid groups (broad SMARTS) is 1. The first-order valence-electron chi connectivity index (χ1n) is 4.39. The van der Waals surface area contributed by atoms with Gasteiger partial charge in [0, 0.05) is 6.54 Å². The first-order valence-corrected chi connectivity index (χ1v) is 4.39. The summed E-state index contributed by atoms with van der Waals surface area (Å²) in [6.07, 6.45) is 3.78. The van der Waals surface area contributed by atoms with E-state index in [1.54, 1.807) is 0 Å². The van der Waals surface area contributed by atoms with Gasteiger partial charge in [-0.1, -0.05) is 12.8 Å². The number of unbranched alkanes of at least 4 members (excludes halogenated alkanes) is 3. The van der Waals surface area contributed by atoms with Crippen LogP contribution in [-0.4, -0.2) is 30.1 Å². The quantitative estimate of drug-likeness (QED) is 0.394. The van der Waals surface area contributed by atoms with Crippen LogP contribution in [0.25, 0.3) is 0 Å². The zero-order valence-corrected chi connectivity index (χ0v) is 7.58. The first kappa shape index (κ1) is 11.9. The molecule has 0 bridgehead atoms. The first-order chi connectivity index (χ1) is 6.18. The Morgan fingerprint density at radius 1 is 1.15 bits per heavy atom. The molecule has 0 rings (SSSR count). The number of hydrogen-bond donors (Lipinski definition) is 3. The number of hydrogen-bond acceptors (Lipinski definition) is 3. The molecule has 76 valence electrons. The van der Waals surface area contributed by atoms with Crippen molar-refractivity contribution in [2.75, 3.05) is 13.1 Å². The average Bonchev–Trinajstić information content (AvgIpc) is 2.10. The Hall–Kier alpha value is -1.10. The Bertz CT molecular complexity index is 171. The average molecular weight is 188 g/mol. The normalized spacial score (nSPS) is 9.62. The molecule has 0 spiro atoms. The van der Waals surface area contributed by atoms with E-state index >= 15 is 0 Å². The van der Waals surface area contributed by atoms with E-state index in [0.717, 1.165) is 25.7 Å². The van der Waals surface area contributed by atoms with Crippen LogP contribution >= 0.6 is 0 Å². The second-order valence-electron chi connectivity index (χ2n) is 2.76. The van der Waals surface area contributed by atoms with Crippen LogP contribution in [0.5, 0.6) is 0 Å². The molecule has 0 aliphatic rings. The summed E-state index contributed by atoms with van der Waals surface area (Å²) in [6.45, 7) is 1.11. The highest BCUT2D eigenvalue weighted by Crippen LogP contribution is 1.96. The van der Waals surface area contributed by atoms with Gasteiger partial charge in [-0.2, -0.15) is 0 Å². The van der Waals surface area contributed by atoms with Crippen molar-refractivity contribution in [1.82, 2.24) is 5.32 Å². The molecule has 5 nitrogen and oxygen atoms in total. The van der Waals surface area contributed by atoms with Gasteiger partial charge in [-0.15, -0.1) is 0 Å². The second-order valence-corrected chi connectivity index (χ2v) is 2.76. The number of carboxylic acids is 1. The SMILES string of the molecule is NCCCCCCNC(=O)C(=O)O. The van der Waals surface area contributed by atoms with Crippen molar-refractivity contribution in [2.24, 2.45) is 5.73 Å². The lowest BCUT2D eigenvalue weighted by Crippen LogP contribution is -2.31. The predicted octanol–water partition coefficient (Wildman–Crippen LogP) is -0.294. The van der Waals surface area contributed by atoms with E-state index in [4.69, 9.17) is 10.8 Å². The van der Waals surface area contributed by atoms with Crippen molar-refractivity contribution in [2.45, 2.75) is 25.7 Å². The topological polar surface area (TPSA) is 92.4 Å². The highest BCUT2D eigenvalue weighted by molar-refractivity contribution is 6.31. The third kappa shape index (κ3) is 7.27. The molecule has 0 aliphatic carbocycles. The molecule has 0 saturated carbocycles. The van der Waals surface area contributed by atoms with Crippen LogP contribution in [0, 0.1) is 0 Å². The number of carbonyl (C=O) groups excluding carboxylic acids is 1. The molecule has 0 aliphatic heterocycles. The molecule has 0 aromatic heterocycles. The maximum absolute atomic E-state index is 10.5. The lowest BCUT2D eigenvalue weighted by molar-refractivity contribution is -0.150. The van der Waals surface area contributed by atoms with Crippen LogP contribution in [0.1, 0.15) is 25.7 Å². The van der Waals surface area contributed by atoms with Crippen LogP contribution in [0.4, 0.5) is 0 Å². The number of nitrogens with one attached hydrogen (secondary N) is 1. The van der Waals surface area contributed by atoms with Gasteiger partial charge in [-0.3, -0.25) is 4.79 Å². The zero-order valence-electron chi connectivity index (χ0n) is 7.58. The van der Waals surface area contributed by atoms with Gasteiger partial charge in [0.1, 0.15) is 0 Å². The number of carbonyl (C=O) groups is 2. The van der Waals surface area contributed by atoms with Crippen LogP contribution in [-0.2, 0) is 9.59 Å². The molecule has 0 unspecified atom stereocenters. The summed E-state index contributed by atoms with van der Waals surface area (Å²) in [6, 6.07) is 0. The van der Waals surface area contributed by atoms with Crippen LogP contribution < -0.4 is 11.1 Å². The molecule has 0 radical (unpaired) electrons. The summed E-state index contributed by atoms with van der Waals surface area (Å²) < 4.78 is 0. The Morgan fingerprint density at radius 3 is 2.31 bits per heavy atom. The van der Waals surface area contributed by atoms with E-state index in [1.165, 1.54) is 0 Å². The lowest BCUT2D eigenvalue weighted by atomic mass is 10.2. The zero-order chi connectivity index (χ0) is 10.1. The number of aliphatic carboxylic acids is 1. The van der Waals surface area contributed by atoms with E-state index in [0.29, 0.717) is 13.1 Å². The molecular weight excluding hydrogens is 172 g/mol. The molecule has 0 aromatic carbocycles. The monoisotopic (exact) mass is 188 g/mol.